The standard InChI is InChI=1S/C23H31N5/c1-18-16-22(25-21-10-5-4-9-20(18)21)28-13-6-8-19(17-28)23-24-11-15-27(23)14-7-12-26(2)3/h4-5,9-11,15-16,19H,6-8,12-14,17H2,1-3H3/t19-/m0/s1. The van der Waals surface area contributed by atoms with Gasteiger partial charge in [-0.25, -0.2) is 9.97 Å². The molecular weight excluding hydrogens is 346 g/mol. The minimum atomic E-state index is 0.469. The van der Waals surface area contributed by atoms with Crippen molar-refractivity contribution in [2.24, 2.45) is 0 Å². The average Bonchev–Trinajstić information content (AvgIpc) is 3.16. The summed E-state index contributed by atoms with van der Waals surface area (Å²) in [6, 6.07) is 10.7. The summed E-state index contributed by atoms with van der Waals surface area (Å²) in [6.07, 6.45) is 7.64. The molecule has 0 aliphatic carbocycles. The normalized spacial score (nSPS) is 17.6. The van der Waals surface area contributed by atoms with E-state index in [1.807, 2.05) is 6.20 Å². The predicted octanol–water partition coefficient (Wildman–Crippen LogP) is 4.08. The summed E-state index contributed by atoms with van der Waals surface area (Å²) in [4.78, 5) is 14.4. The van der Waals surface area contributed by atoms with Crippen LogP contribution >= 0.6 is 0 Å². The lowest BCUT2D eigenvalue weighted by Gasteiger charge is -2.34. The van der Waals surface area contributed by atoms with Gasteiger partial charge in [0.15, 0.2) is 0 Å². The SMILES string of the molecule is Cc1cc(N2CCC[C@H](c3nccn3CCCN(C)C)C2)nc2ccccc12. The van der Waals surface area contributed by atoms with E-state index in [1.165, 1.54) is 29.6 Å². The van der Waals surface area contributed by atoms with Crippen molar-refractivity contribution in [1.29, 1.82) is 0 Å². The molecular formula is C23H31N5. The molecule has 0 spiro atoms. The molecule has 0 bridgehead atoms. The number of hydrogen-bond acceptors (Lipinski definition) is 4. The quantitative estimate of drug-likeness (QED) is 0.649. The minimum Gasteiger partial charge on any atom is -0.356 e. The fraction of sp³-hybridized carbons (Fsp3) is 0.478. The third-order valence-corrected chi connectivity index (χ3v) is 5.77. The van der Waals surface area contributed by atoms with Gasteiger partial charge in [0.2, 0.25) is 0 Å². The van der Waals surface area contributed by atoms with E-state index in [0.29, 0.717) is 5.92 Å². The van der Waals surface area contributed by atoms with Gasteiger partial charge in [0.1, 0.15) is 11.6 Å². The smallest absolute Gasteiger partial charge is 0.129 e. The summed E-state index contributed by atoms with van der Waals surface area (Å²) < 4.78 is 2.36. The fourth-order valence-electron chi connectivity index (χ4n) is 4.32. The Bertz CT molecular complexity index is 930. The minimum absolute atomic E-state index is 0.469. The number of piperidine rings is 1. The highest BCUT2D eigenvalue weighted by Gasteiger charge is 2.25. The zero-order chi connectivity index (χ0) is 19.5. The first kappa shape index (κ1) is 18.9. The van der Waals surface area contributed by atoms with Gasteiger partial charge in [-0.3, -0.25) is 0 Å². The lowest BCUT2D eigenvalue weighted by atomic mass is 9.96. The first-order valence-corrected chi connectivity index (χ1v) is 10.4. The molecule has 1 aliphatic rings. The Hall–Kier alpha value is -2.40. The van der Waals surface area contributed by atoms with Crippen LogP contribution in [-0.2, 0) is 6.54 Å². The largest absolute Gasteiger partial charge is 0.356 e. The first-order chi connectivity index (χ1) is 13.6. The number of hydrogen-bond donors (Lipinski definition) is 0. The van der Waals surface area contributed by atoms with Gasteiger partial charge in [0, 0.05) is 43.3 Å². The van der Waals surface area contributed by atoms with Crippen LogP contribution in [0.2, 0.25) is 0 Å². The molecule has 2 aromatic heterocycles. The van der Waals surface area contributed by atoms with Crippen molar-refractivity contribution in [3.05, 3.63) is 54.1 Å². The Labute approximate surface area is 168 Å². The van der Waals surface area contributed by atoms with Crippen molar-refractivity contribution in [3.8, 4) is 0 Å². The maximum absolute atomic E-state index is 4.96. The zero-order valence-corrected chi connectivity index (χ0v) is 17.3. The molecule has 3 heterocycles. The fourth-order valence-corrected chi connectivity index (χ4v) is 4.32. The zero-order valence-electron chi connectivity index (χ0n) is 17.3. The lowest BCUT2D eigenvalue weighted by Crippen LogP contribution is -2.36. The van der Waals surface area contributed by atoms with Gasteiger partial charge >= 0.3 is 0 Å². The van der Waals surface area contributed by atoms with E-state index in [9.17, 15) is 0 Å². The molecule has 0 radical (unpaired) electrons. The second kappa shape index (κ2) is 8.31. The summed E-state index contributed by atoms with van der Waals surface area (Å²) in [5.41, 5.74) is 2.39. The first-order valence-electron chi connectivity index (χ1n) is 10.4. The number of nitrogens with zero attached hydrogens (tertiary/aromatic N) is 5. The molecule has 0 amide bonds. The average molecular weight is 378 g/mol. The van der Waals surface area contributed by atoms with Crippen LogP contribution < -0.4 is 4.90 Å². The van der Waals surface area contributed by atoms with E-state index in [0.717, 1.165) is 43.9 Å². The van der Waals surface area contributed by atoms with E-state index < -0.39 is 0 Å². The molecule has 28 heavy (non-hydrogen) atoms. The summed E-state index contributed by atoms with van der Waals surface area (Å²) in [5, 5.41) is 1.25. The van der Waals surface area contributed by atoms with Gasteiger partial charge in [-0.15, -0.1) is 0 Å². The summed E-state index contributed by atoms with van der Waals surface area (Å²) in [6.45, 7) is 6.40. The van der Waals surface area contributed by atoms with Crippen LogP contribution in [0, 0.1) is 6.92 Å². The molecule has 0 N–H and O–H groups in total. The highest BCUT2D eigenvalue weighted by Crippen LogP contribution is 2.30. The topological polar surface area (TPSA) is 37.2 Å². The third kappa shape index (κ3) is 4.04. The molecule has 5 heteroatoms. The molecule has 1 atom stereocenters. The summed E-state index contributed by atoms with van der Waals surface area (Å²) in [7, 11) is 4.26. The molecule has 3 aromatic rings. The monoisotopic (exact) mass is 377 g/mol. The van der Waals surface area contributed by atoms with Crippen LogP contribution in [0.15, 0.2) is 42.7 Å². The van der Waals surface area contributed by atoms with Gasteiger partial charge in [0.05, 0.1) is 5.52 Å². The highest BCUT2D eigenvalue weighted by atomic mass is 15.2. The third-order valence-electron chi connectivity index (χ3n) is 5.77. The molecule has 1 saturated heterocycles. The second-order valence-electron chi connectivity index (χ2n) is 8.24. The van der Waals surface area contributed by atoms with Gasteiger partial charge in [0.25, 0.3) is 0 Å². The van der Waals surface area contributed by atoms with Gasteiger partial charge < -0.3 is 14.4 Å². The predicted molar refractivity (Wildman–Crippen MR) is 116 cm³/mol. The number of benzene rings is 1. The number of aryl methyl sites for hydroxylation is 2. The van der Waals surface area contributed by atoms with E-state index in [4.69, 9.17) is 9.97 Å². The van der Waals surface area contributed by atoms with Gasteiger partial charge in [-0.1, -0.05) is 18.2 Å². The van der Waals surface area contributed by atoms with Crippen molar-refractivity contribution in [2.75, 3.05) is 38.6 Å². The highest BCUT2D eigenvalue weighted by molar-refractivity contribution is 5.83. The number of imidazole rings is 1. The number of aromatic nitrogens is 3. The maximum atomic E-state index is 4.96. The van der Waals surface area contributed by atoms with Crippen LogP contribution in [0.25, 0.3) is 10.9 Å². The summed E-state index contributed by atoms with van der Waals surface area (Å²) >= 11 is 0. The van der Waals surface area contributed by atoms with E-state index in [2.05, 4.69) is 71.9 Å². The molecule has 5 nitrogen and oxygen atoms in total. The lowest BCUT2D eigenvalue weighted by molar-refractivity contribution is 0.380. The molecule has 1 fully saturated rings. The number of rotatable bonds is 6. The molecule has 4 rings (SSSR count). The van der Waals surface area contributed by atoms with Crippen molar-refractivity contribution in [3.63, 3.8) is 0 Å². The van der Waals surface area contributed by atoms with Crippen molar-refractivity contribution in [2.45, 2.75) is 38.6 Å². The Kier molecular flexibility index (Phi) is 5.62. The van der Waals surface area contributed by atoms with E-state index in [1.54, 1.807) is 0 Å². The molecule has 148 valence electrons. The Morgan fingerprint density at radius 2 is 2.07 bits per heavy atom. The van der Waals surface area contributed by atoms with Crippen molar-refractivity contribution in [1.82, 2.24) is 19.4 Å². The number of fused-ring (bicyclic) bond motifs is 1. The van der Waals surface area contributed by atoms with E-state index >= 15 is 0 Å². The maximum Gasteiger partial charge on any atom is 0.129 e. The van der Waals surface area contributed by atoms with E-state index in [-0.39, 0.29) is 0 Å². The second-order valence-corrected chi connectivity index (χ2v) is 8.24. The van der Waals surface area contributed by atoms with Crippen LogP contribution in [0.1, 0.15) is 36.6 Å². The molecule has 0 unspecified atom stereocenters. The van der Waals surface area contributed by atoms with Gasteiger partial charge in [-0.05, 0) is 64.5 Å². The van der Waals surface area contributed by atoms with Crippen molar-refractivity contribution < 1.29 is 0 Å². The van der Waals surface area contributed by atoms with Crippen LogP contribution in [-0.4, -0.2) is 53.2 Å². The van der Waals surface area contributed by atoms with Crippen LogP contribution in [0.4, 0.5) is 5.82 Å². The Morgan fingerprint density at radius 3 is 2.93 bits per heavy atom. The summed E-state index contributed by atoms with van der Waals surface area (Å²) in [5.74, 6) is 2.81. The van der Waals surface area contributed by atoms with Crippen LogP contribution in [0.5, 0.6) is 0 Å². The van der Waals surface area contributed by atoms with Crippen molar-refractivity contribution >= 4 is 16.7 Å². The molecule has 1 aliphatic heterocycles. The van der Waals surface area contributed by atoms with Gasteiger partial charge in [-0.2, -0.15) is 0 Å². The molecule has 0 saturated carbocycles. The molecule has 1 aromatic carbocycles. The Morgan fingerprint density at radius 1 is 1.21 bits per heavy atom. The van der Waals surface area contributed by atoms with Crippen LogP contribution in [0.3, 0.4) is 0 Å². The Balaban J connectivity index is 1.52. The number of anilines is 1. The number of pyridine rings is 1. The number of para-hydroxylation sites is 1.